The standard InChI is InChI=1S/C26H33F4N3O2S/c1-18(2)31-11-9-20(10-12-31)21-5-4-6-23(15-21)36(34,35)33-14-13-32(17-19(33)3)25-8-7-22(27)16-24(25)26(28,29)30/h4-8,15-16,18-20H,9-14,17H2,1-3H3/t19-/m1/s1. The van der Waals surface area contributed by atoms with Gasteiger partial charge in [0.25, 0.3) is 0 Å². The topological polar surface area (TPSA) is 43.9 Å². The molecule has 0 aliphatic carbocycles. The third-order valence-corrected chi connectivity index (χ3v) is 9.38. The molecule has 2 aromatic carbocycles. The molecule has 2 heterocycles. The van der Waals surface area contributed by atoms with Crippen LogP contribution < -0.4 is 4.90 Å². The van der Waals surface area contributed by atoms with Crippen LogP contribution in [0.5, 0.6) is 0 Å². The van der Waals surface area contributed by atoms with E-state index in [1.807, 2.05) is 6.07 Å². The van der Waals surface area contributed by atoms with Gasteiger partial charge >= 0.3 is 6.18 Å². The molecule has 198 valence electrons. The molecule has 2 saturated heterocycles. The predicted molar refractivity (Wildman–Crippen MR) is 132 cm³/mol. The van der Waals surface area contributed by atoms with Gasteiger partial charge in [0, 0.05) is 37.4 Å². The molecule has 4 rings (SSSR count). The van der Waals surface area contributed by atoms with Gasteiger partial charge in [0.1, 0.15) is 5.82 Å². The smallest absolute Gasteiger partial charge is 0.368 e. The zero-order valence-corrected chi connectivity index (χ0v) is 21.6. The molecule has 0 N–H and O–H groups in total. The minimum atomic E-state index is -4.71. The highest BCUT2D eigenvalue weighted by Gasteiger charge is 2.39. The maximum atomic E-state index is 13.6. The first-order chi connectivity index (χ1) is 16.9. The number of hydrogen-bond acceptors (Lipinski definition) is 4. The predicted octanol–water partition coefficient (Wildman–Crippen LogP) is 5.33. The molecule has 0 amide bonds. The Morgan fingerprint density at radius 1 is 0.972 bits per heavy atom. The van der Waals surface area contributed by atoms with Gasteiger partial charge in [-0.25, -0.2) is 12.8 Å². The molecule has 5 nitrogen and oxygen atoms in total. The van der Waals surface area contributed by atoms with Crippen LogP contribution in [-0.2, 0) is 16.2 Å². The van der Waals surface area contributed by atoms with Crippen LogP contribution in [0.25, 0.3) is 0 Å². The largest absolute Gasteiger partial charge is 0.418 e. The minimum absolute atomic E-state index is 0.0369. The van der Waals surface area contributed by atoms with E-state index in [0.29, 0.717) is 18.0 Å². The fourth-order valence-electron chi connectivity index (χ4n) is 5.34. The zero-order valence-electron chi connectivity index (χ0n) is 20.8. The van der Waals surface area contributed by atoms with Crippen LogP contribution in [-0.4, -0.2) is 62.4 Å². The van der Waals surface area contributed by atoms with E-state index in [1.165, 1.54) is 9.21 Å². The van der Waals surface area contributed by atoms with Crippen molar-refractivity contribution >= 4 is 15.7 Å². The normalized spacial score (nSPS) is 21.3. The fraction of sp³-hybridized carbons (Fsp3) is 0.538. The van der Waals surface area contributed by atoms with Crippen LogP contribution in [0.1, 0.15) is 50.7 Å². The van der Waals surface area contributed by atoms with E-state index in [1.54, 1.807) is 25.1 Å². The first-order valence-electron chi connectivity index (χ1n) is 12.4. The third-order valence-electron chi connectivity index (χ3n) is 7.37. The van der Waals surface area contributed by atoms with Crippen molar-refractivity contribution in [1.82, 2.24) is 9.21 Å². The molecule has 1 atom stereocenters. The van der Waals surface area contributed by atoms with E-state index in [4.69, 9.17) is 0 Å². The molecule has 0 aromatic heterocycles. The number of alkyl halides is 3. The lowest BCUT2D eigenvalue weighted by Crippen LogP contribution is -2.54. The molecule has 36 heavy (non-hydrogen) atoms. The lowest BCUT2D eigenvalue weighted by Gasteiger charge is -2.41. The average molecular weight is 528 g/mol. The Hall–Kier alpha value is -2.17. The first-order valence-corrected chi connectivity index (χ1v) is 13.8. The Bertz CT molecular complexity index is 1180. The Morgan fingerprint density at radius 2 is 1.67 bits per heavy atom. The van der Waals surface area contributed by atoms with Crippen LogP contribution >= 0.6 is 0 Å². The van der Waals surface area contributed by atoms with Gasteiger partial charge in [-0.05, 0) is 88.5 Å². The van der Waals surface area contributed by atoms with Crippen molar-refractivity contribution in [3.8, 4) is 0 Å². The van der Waals surface area contributed by atoms with Gasteiger partial charge in [0.2, 0.25) is 10.0 Å². The summed E-state index contributed by atoms with van der Waals surface area (Å²) >= 11 is 0. The molecule has 10 heteroatoms. The summed E-state index contributed by atoms with van der Waals surface area (Å²) in [7, 11) is -3.83. The number of hydrogen-bond donors (Lipinski definition) is 0. The molecule has 2 aliphatic rings. The Morgan fingerprint density at radius 3 is 2.28 bits per heavy atom. The van der Waals surface area contributed by atoms with Gasteiger partial charge in [0.05, 0.1) is 10.5 Å². The highest BCUT2D eigenvalue weighted by atomic mass is 32.2. The summed E-state index contributed by atoms with van der Waals surface area (Å²) < 4.78 is 82.6. The van der Waals surface area contributed by atoms with Gasteiger partial charge in [-0.2, -0.15) is 17.5 Å². The molecule has 0 bridgehead atoms. The quantitative estimate of drug-likeness (QED) is 0.493. The number of piperazine rings is 1. The minimum Gasteiger partial charge on any atom is -0.368 e. The maximum Gasteiger partial charge on any atom is 0.418 e. The molecule has 0 unspecified atom stereocenters. The van der Waals surface area contributed by atoms with E-state index in [2.05, 4.69) is 18.7 Å². The highest BCUT2D eigenvalue weighted by molar-refractivity contribution is 7.89. The van der Waals surface area contributed by atoms with Crippen LogP contribution in [0.2, 0.25) is 0 Å². The third kappa shape index (κ3) is 5.55. The molecule has 2 fully saturated rings. The molecule has 0 radical (unpaired) electrons. The summed E-state index contributed by atoms with van der Waals surface area (Å²) in [6, 6.07) is 9.61. The molecular formula is C26H33F4N3O2S. The van der Waals surface area contributed by atoms with Gasteiger partial charge in [-0.1, -0.05) is 12.1 Å². The highest BCUT2D eigenvalue weighted by Crippen LogP contribution is 2.38. The summed E-state index contributed by atoms with van der Waals surface area (Å²) in [4.78, 5) is 4.12. The van der Waals surface area contributed by atoms with Crippen molar-refractivity contribution in [2.24, 2.45) is 0 Å². The van der Waals surface area contributed by atoms with Crippen LogP contribution in [0.4, 0.5) is 23.2 Å². The monoisotopic (exact) mass is 527 g/mol. The summed E-state index contributed by atoms with van der Waals surface area (Å²) in [5.41, 5.74) is -0.184. The SMILES string of the molecule is CC(C)N1CCC(c2cccc(S(=O)(=O)N3CCN(c4ccc(F)cc4C(F)(F)F)C[C@H]3C)c2)CC1. The second-order valence-corrected chi connectivity index (χ2v) is 11.9. The fourth-order valence-corrected chi connectivity index (χ4v) is 7.01. The van der Waals surface area contributed by atoms with E-state index >= 15 is 0 Å². The van der Waals surface area contributed by atoms with Crippen molar-refractivity contribution in [3.63, 3.8) is 0 Å². The maximum absolute atomic E-state index is 13.6. The molecule has 2 aliphatic heterocycles. The number of piperidine rings is 1. The van der Waals surface area contributed by atoms with Crippen molar-refractivity contribution in [2.75, 3.05) is 37.6 Å². The number of rotatable bonds is 5. The van der Waals surface area contributed by atoms with E-state index < -0.39 is 33.6 Å². The molecule has 0 spiro atoms. The van der Waals surface area contributed by atoms with Crippen molar-refractivity contribution in [1.29, 1.82) is 0 Å². The average Bonchev–Trinajstić information content (AvgIpc) is 2.83. The summed E-state index contributed by atoms with van der Waals surface area (Å²) in [5.74, 6) is -0.668. The van der Waals surface area contributed by atoms with Crippen LogP contribution in [0, 0.1) is 5.82 Å². The number of halogens is 4. The van der Waals surface area contributed by atoms with Gasteiger partial charge in [-0.15, -0.1) is 0 Å². The zero-order chi connectivity index (χ0) is 26.3. The van der Waals surface area contributed by atoms with Crippen LogP contribution in [0.15, 0.2) is 47.4 Å². The second-order valence-electron chi connectivity index (χ2n) is 10.0. The molecular weight excluding hydrogens is 494 g/mol. The van der Waals surface area contributed by atoms with Crippen molar-refractivity contribution in [3.05, 3.63) is 59.4 Å². The Labute approximate surface area is 210 Å². The number of nitrogens with zero attached hydrogens (tertiary/aromatic N) is 3. The van der Waals surface area contributed by atoms with Crippen molar-refractivity contribution in [2.45, 2.75) is 62.7 Å². The number of sulfonamides is 1. The Kier molecular flexibility index (Phi) is 7.69. The number of likely N-dealkylation sites (tertiary alicyclic amines) is 1. The molecule has 2 aromatic rings. The summed E-state index contributed by atoms with van der Waals surface area (Å²) in [6.45, 7) is 8.17. The van der Waals surface area contributed by atoms with Crippen LogP contribution in [0.3, 0.4) is 0 Å². The Balaban J connectivity index is 1.51. The summed E-state index contributed by atoms with van der Waals surface area (Å²) in [5, 5.41) is 0. The van der Waals surface area contributed by atoms with Gasteiger partial charge < -0.3 is 9.80 Å². The summed E-state index contributed by atoms with van der Waals surface area (Å²) in [6.07, 6.45) is -2.78. The lowest BCUT2D eigenvalue weighted by molar-refractivity contribution is -0.137. The molecule has 0 saturated carbocycles. The van der Waals surface area contributed by atoms with E-state index in [9.17, 15) is 26.0 Å². The second kappa shape index (κ2) is 10.3. The van der Waals surface area contributed by atoms with E-state index in [0.717, 1.165) is 43.6 Å². The van der Waals surface area contributed by atoms with E-state index in [-0.39, 0.29) is 30.2 Å². The van der Waals surface area contributed by atoms with Gasteiger partial charge in [-0.3, -0.25) is 0 Å². The number of benzene rings is 2. The lowest BCUT2D eigenvalue weighted by atomic mass is 9.89. The number of anilines is 1. The van der Waals surface area contributed by atoms with Crippen molar-refractivity contribution < 1.29 is 26.0 Å². The first kappa shape index (κ1) is 26.9. The van der Waals surface area contributed by atoms with Gasteiger partial charge in [0.15, 0.2) is 0 Å².